The van der Waals surface area contributed by atoms with Gasteiger partial charge in [-0.2, -0.15) is 0 Å². The maximum absolute atomic E-state index is 11.3. The molecule has 0 unspecified atom stereocenters. The summed E-state index contributed by atoms with van der Waals surface area (Å²) in [4.78, 5) is 15.7. The smallest absolute Gasteiger partial charge is 0.331 e. The van der Waals surface area contributed by atoms with Crippen molar-refractivity contribution in [3.05, 3.63) is 65.7 Å². The molecule has 0 spiro atoms. The van der Waals surface area contributed by atoms with Crippen LogP contribution >= 0.6 is 0 Å². The summed E-state index contributed by atoms with van der Waals surface area (Å²) in [6.45, 7) is 2.17. The Bertz CT molecular complexity index is 739. The quantitative estimate of drug-likeness (QED) is 0.916. The molecule has 0 aliphatic carbocycles. The molecule has 0 saturated carbocycles. The minimum Gasteiger partial charge on any atom is -0.489 e. The van der Waals surface area contributed by atoms with Gasteiger partial charge < -0.3 is 9.84 Å². The molecule has 3 rings (SSSR count). The Labute approximate surface area is 135 Å². The second-order valence-electron chi connectivity index (χ2n) is 5.94. The lowest BCUT2D eigenvalue weighted by Gasteiger charge is -2.12. The van der Waals surface area contributed by atoms with E-state index >= 15 is 0 Å². The molecule has 0 aromatic heterocycles. The molecule has 23 heavy (non-hydrogen) atoms. The van der Waals surface area contributed by atoms with Gasteiger partial charge in [-0.3, -0.25) is 4.99 Å². The van der Waals surface area contributed by atoms with Gasteiger partial charge in [0.25, 0.3) is 0 Å². The lowest BCUT2D eigenvalue weighted by Crippen LogP contribution is -2.30. The van der Waals surface area contributed by atoms with Crippen molar-refractivity contribution < 1.29 is 14.6 Å². The number of benzene rings is 2. The first kappa shape index (κ1) is 15.3. The molecular weight excluding hydrogens is 290 g/mol. The van der Waals surface area contributed by atoms with E-state index in [2.05, 4.69) is 4.99 Å². The molecule has 1 aliphatic rings. The third-order valence-corrected chi connectivity index (χ3v) is 4.11. The lowest BCUT2D eigenvalue weighted by molar-refractivity contribution is -0.142. The van der Waals surface area contributed by atoms with Crippen LogP contribution < -0.4 is 4.74 Å². The number of aliphatic imine (C=N–C) groups is 1. The molecule has 118 valence electrons. The summed E-state index contributed by atoms with van der Waals surface area (Å²) in [7, 11) is 0. The molecule has 0 saturated heterocycles. The highest BCUT2D eigenvalue weighted by atomic mass is 16.5. The molecule has 0 amide bonds. The average molecular weight is 309 g/mol. The fourth-order valence-electron chi connectivity index (χ4n) is 2.64. The van der Waals surface area contributed by atoms with E-state index in [1.807, 2.05) is 54.6 Å². The minimum absolute atomic E-state index is 0.504. The van der Waals surface area contributed by atoms with Crippen molar-refractivity contribution in [2.75, 3.05) is 0 Å². The number of ether oxygens (including phenoxy) is 1. The van der Waals surface area contributed by atoms with Crippen molar-refractivity contribution in [1.29, 1.82) is 0 Å². The van der Waals surface area contributed by atoms with Crippen LogP contribution in [0.3, 0.4) is 0 Å². The lowest BCUT2D eigenvalue weighted by atomic mass is 9.99. The third-order valence-electron chi connectivity index (χ3n) is 4.11. The second kappa shape index (κ2) is 6.24. The third kappa shape index (κ3) is 3.42. The number of hydrogen-bond donors (Lipinski definition) is 1. The molecule has 1 atom stereocenters. The minimum atomic E-state index is -1.00. The van der Waals surface area contributed by atoms with Crippen molar-refractivity contribution >= 4 is 11.7 Å². The van der Waals surface area contributed by atoms with Gasteiger partial charge in [0.05, 0.1) is 0 Å². The van der Waals surface area contributed by atoms with Crippen LogP contribution in [0.2, 0.25) is 0 Å². The van der Waals surface area contributed by atoms with Crippen LogP contribution in [0.1, 0.15) is 30.9 Å². The summed E-state index contributed by atoms with van der Waals surface area (Å²) < 4.78 is 5.82. The Morgan fingerprint density at radius 3 is 2.70 bits per heavy atom. The highest BCUT2D eigenvalue weighted by Crippen LogP contribution is 2.29. The maximum Gasteiger partial charge on any atom is 0.331 e. The average Bonchev–Trinajstić information content (AvgIpc) is 2.98. The summed E-state index contributed by atoms with van der Waals surface area (Å²) in [5.41, 5.74) is 1.87. The molecule has 4 heteroatoms. The molecule has 1 aliphatic heterocycles. The molecular formula is C19H19NO3. The first-order chi connectivity index (χ1) is 11.1. The Balaban J connectivity index is 1.74. The van der Waals surface area contributed by atoms with Crippen LogP contribution in [0.4, 0.5) is 0 Å². The van der Waals surface area contributed by atoms with Crippen molar-refractivity contribution in [2.45, 2.75) is 31.9 Å². The summed E-state index contributed by atoms with van der Waals surface area (Å²) >= 11 is 0. The van der Waals surface area contributed by atoms with Gasteiger partial charge in [-0.1, -0.05) is 42.5 Å². The summed E-state index contributed by atoms with van der Waals surface area (Å²) in [5, 5.41) is 9.27. The topological polar surface area (TPSA) is 58.9 Å². The van der Waals surface area contributed by atoms with Crippen molar-refractivity contribution in [3.8, 4) is 5.75 Å². The molecule has 4 nitrogen and oxygen atoms in total. The van der Waals surface area contributed by atoms with Crippen LogP contribution in [0.15, 0.2) is 59.6 Å². The Hall–Kier alpha value is -2.62. The molecule has 1 heterocycles. The van der Waals surface area contributed by atoms with Crippen LogP contribution in [0, 0.1) is 0 Å². The van der Waals surface area contributed by atoms with E-state index in [0.717, 1.165) is 22.6 Å². The maximum atomic E-state index is 11.3. The van der Waals surface area contributed by atoms with E-state index < -0.39 is 11.5 Å². The van der Waals surface area contributed by atoms with E-state index in [1.54, 1.807) is 6.92 Å². The standard InChI is InChI=1S/C19H19NO3/c1-19(18(21)22)11-10-17(20-19)15-8-5-9-16(12-15)23-13-14-6-3-2-4-7-14/h2-9,12H,10-11,13H2,1H3,(H,21,22)/t19-/m0/s1. The molecule has 2 aromatic carbocycles. The van der Waals surface area contributed by atoms with Gasteiger partial charge in [0.15, 0.2) is 5.54 Å². The number of carboxylic acid groups (broad SMARTS) is 1. The monoisotopic (exact) mass is 309 g/mol. The molecule has 0 fully saturated rings. The SMILES string of the molecule is C[C@@]1(C(=O)O)CCC(c2cccc(OCc3ccccc3)c2)=N1. The van der Waals surface area contributed by atoms with Gasteiger partial charge in [0.1, 0.15) is 12.4 Å². The zero-order chi connectivity index (χ0) is 16.3. The van der Waals surface area contributed by atoms with Crippen LogP contribution in [-0.2, 0) is 11.4 Å². The predicted molar refractivity (Wildman–Crippen MR) is 89.0 cm³/mol. The van der Waals surface area contributed by atoms with E-state index in [-0.39, 0.29) is 0 Å². The number of carboxylic acids is 1. The Kier molecular flexibility index (Phi) is 4.15. The van der Waals surface area contributed by atoms with Crippen LogP contribution in [0.5, 0.6) is 5.75 Å². The summed E-state index contributed by atoms with van der Waals surface area (Å²) in [5.74, 6) is -0.109. The first-order valence-corrected chi connectivity index (χ1v) is 7.66. The van der Waals surface area contributed by atoms with E-state index in [4.69, 9.17) is 4.74 Å². The van der Waals surface area contributed by atoms with Crippen molar-refractivity contribution in [3.63, 3.8) is 0 Å². The van der Waals surface area contributed by atoms with Crippen LogP contribution in [0.25, 0.3) is 0 Å². The Morgan fingerprint density at radius 1 is 1.22 bits per heavy atom. The molecule has 0 bridgehead atoms. The highest BCUT2D eigenvalue weighted by molar-refractivity contribution is 6.04. The fourth-order valence-corrected chi connectivity index (χ4v) is 2.64. The normalized spacial score (nSPS) is 20.1. The molecule has 2 aromatic rings. The zero-order valence-electron chi connectivity index (χ0n) is 13.0. The number of nitrogens with zero attached hydrogens (tertiary/aromatic N) is 1. The first-order valence-electron chi connectivity index (χ1n) is 7.66. The Morgan fingerprint density at radius 2 is 2.00 bits per heavy atom. The largest absolute Gasteiger partial charge is 0.489 e. The number of aliphatic carboxylic acids is 1. The second-order valence-corrected chi connectivity index (χ2v) is 5.94. The van der Waals surface area contributed by atoms with E-state index in [1.165, 1.54) is 0 Å². The van der Waals surface area contributed by atoms with Gasteiger partial charge in [-0.05, 0) is 43.0 Å². The predicted octanol–water partition coefficient (Wildman–Crippen LogP) is 3.69. The number of rotatable bonds is 5. The number of carbonyl (C=O) groups is 1. The van der Waals surface area contributed by atoms with Gasteiger partial charge in [-0.15, -0.1) is 0 Å². The highest BCUT2D eigenvalue weighted by Gasteiger charge is 2.37. The summed E-state index contributed by atoms with van der Waals surface area (Å²) in [6, 6.07) is 17.7. The molecule has 0 radical (unpaired) electrons. The molecule has 1 N–H and O–H groups in total. The number of hydrogen-bond acceptors (Lipinski definition) is 3. The van der Waals surface area contributed by atoms with Crippen molar-refractivity contribution in [1.82, 2.24) is 0 Å². The van der Waals surface area contributed by atoms with Gasteiger partial charge in [-0.25, -0.2) is 4.79 Å². The van der Waals surface area contributed by atoms with E-state index in [0.29, 0.717) is 19.4 Å². The van der Waals surface area contributed by atoms with Crippen molar-refractivity contribution in [2.24, 2.45) is 4.99 Å². The zero-order valence-corrected chi connectivity index (χ0v) is 13.0. The van der Waals surface area contributed by atoms with Gasteiger partial charge >= 0.3 is 5.97 Å². The summed E-state index contributed by atoms with van der Waals surface area (Å²) in [6.07, 6.45) is 1.21. The fraction of sp³-hybridized carbons (Fsp3) is 0.263. The van der Waals surface area contributed by atoms with Gasteiger partial charge in [0, 0.05) is 5.71 Å². The van der Waals surface area contributed by atoms with Crippen LogP contribution in [-0.4, -0.2) is 22.3 Å². The van der Waals surface area contributed by atoms with E-state index in [9.17, 15) is 9.90 Å². The van der Waals surface area contributed by atoms with Gasteiger partial charge in [0.2, 0.25) is 0 Å².